The maximum Gasteiger partial charge on any atom is 0.265 e. The summed E-state index contributed by atoms with van der Waals surface area (Å²) in [6, 6.07) is 25.6. The standard InChI is InChI=1S/C24H23N5O/c1-29(2)20-14-12-17(13-15-20)22-21(16-6-4-3-5-7-16)26-23(27-22)18-8-10-19(11-9-18)24(30)28-25/h3-15H,25H2,1-2H3,(H,26,27)(H,28,30). The lowest BCUT2D eigenvalue weighted by atomic mass is 10.0. The van der Waals surface area contributed by atoms with Crippen LogP contribution in [-0.2, 0) is 0 Å². The van der Waals surface area contributed by atoms with Crippen molar-refractivity contribution < 1.29 is 4.79 Å². The number of aromatic amines is 1. The SMILES string of the molecule is CN(C)c1ccc(-c2[nH]c(-c3ccc(C(=O)NN)cc3)nc2-c2ccccc2)cc1. The minimum absolute atomic E-state index is 0.326. The zero-order chi connectivity index (χ0) is 21.1. The highest BCUT2D eigenvalue weighted by atomic mass is 16.2. The van der Waals surface area contributed by atoms with Crippen molar-refractivity contribution in [3.8, 4) is 33.9 Å². The van der Waals surface area contributed by atoms with Crippen LogP contribution in [0.1, 0.15) is 10.4 Å². The second-order valence-corrected chi connectivity index (χ2v) is 7.17. The number of nitrogens with one attached hydrogen (secondary N) is 2. The number of H-pyrrole nitrogens is 1. The Balaban J connectivity index is 1.79. The van der Waals surface area contributed by atoms with Crippen molar-refractivity contribution in [2.24, 2.45) is 5.84 Å². The molecule has 0 fully saturated rings. The number of amides is 1. The van der Waals surface area contributed by atoms with Gasteiger partial charge in [0, 0.05) is 42.0 Å². The number of nitrogen functional groups attached to an aromatic ring is 1. The molecule has 0 aliphatic heterocycles. The van der Waals surface area contributed by atoms with Crippen LogP contribution in [-0.4, -0.2) is 30.0 Å². The topological polar surface area (TPSA) is 87.0 Å². The number of rotatable bonds is 5. The number of nitrogens with two attached hydrogens (primary N) is 1. The molecule has 4 N–H and O–H groups in total. The van der Waals surface area contributed by atoms with Crippen molar-refractivity contribution in [1.82, 2.24) is 15.4 Å². The maximum atomic E-state index is 11.7. The predicted octanol–water partition coefficient (Wildman–Crippen LogP) is 4.08. The molecular formula is C24H23N5O. The highest BCUT2D eigenvalue weighted by molar-refractivity contribution is 5.94. The van der Waals surface area contributed by atoms with Crippen molar-refractivity contribution in [2.45, 2.75) is 0 Å². The summed E-state index contributed by atoms with van der Waals surface area (Å²) in [7, 11) is 4.04. The molecule has 0 bridgehead atoms. The van der Waals surface area contributed by atoms with E-state index in [9.17, 15) is 4.79 Å². The van der Waals surface area contributed by atoms with E-state index in [1.165, 1.54) is 0 Å². The summed E-state index contributed by atoms with van der Waals surface area (Å²) < 4.78 is 0. The average molecular weight is 397 g/mol. The van der Waals surface area contributed by atoms with Gasteiger partial charge in [0.2, 0.25) is 0 Å². The Labute approximate surface area is 175 Å². The van der Waals surface area contributed by atoms with Gasteiger partial charge in [-0.3, -0.25) is 10.2 Å². The van der Waals surface area contributed by atoms with E-state index in [0.717, 1.165) is 39.6 Å². The van der Waals surface area contributed by atoms with Crippen LogP contribution in [0.5, 0.6) is 0 Å². The number of carbonyl (C=O) groups excluding carboxylic acids is 1. The van der Waals surface area contributed by atoms with Gasteiger partial charge in [-0.1, -0.05) is 54.6 Å². The molecule has 0 saturated heterocycles. The van der Waals surface area contributed by atoms with E-state index < -0.39 is 0 Å². The molecule has 1 amide bonds. The third-order valence-corrected chi connectivity index (χ3v) is 4.98. The van der Waals surface area contributed by atoms with Gasteiger partial charge in [-0.2, -0.15) is 0 Å². The third kappa shape index (κ3) is 3.81. The number of carbonyl (C=O) groups is 1. The molecule has 0 aliphatic rings. The highest BCUT2D eigenvalue weighted by Crippen LogP contribution is 2.33. The number of hydrogen-bond donors (Lipinski definition) is 3. The lowest BCUT2D eigenvalue weighted by Gasteiger charge is -2.12. The summed E-state index contributed by atoms with van der Waals surface area (Å²) in [6.07, 6.45) is 0. The van der Waals surface area contributed by atoms with E-state index in [1.54, 1.807) is 12.1 Å². The molecule has 0 saturated carbocycles. The number of benzene rings is 3. The van der Waals surface area contributed by atoms with Crippen molar-refractivity contribution in [1.29, 1.82) is 0 Å². The summed E-state index contributed by atoms with van der Waals surface area (Å²) in [5.74, 6) is 5.62. The van der Waals surface area contributed by atoms with Gasteiger partial charge in [0.25, 0.3) is 5.91 Å². The Morgan fingerprint density at radius 2 is 1.50 bits per heavy atom. The lowest BCUT2D eigenvalue weighted by Crippen LogP contribution is -2.29. The summed E-state index contributed by atoms with van der Waals surface area (Å²) in [5.41, 5.74) is 8.58. The van der Waals surface area contributed by atoms with E-state index >= 15 is 0 Å². The first kappa shape index (κ1) is 19.4. The smallest absolute Gasteiger partial charge is 0.265 e. The molecule has 1 aromatic heterocycles. The molecule has 6 nitrogen and oxygen atoms in total. The molecule has 150 valence electrons. The molecule has 1 heterocycles. The molecule has 0 unspecified atom stereocenters. The van der Waals surface area contributed by atoms with Gasteiger partial charge >= 0.3 is 0 Å². The van der Waals surface area contributed by atoms with Gasteiger partial charge < -0.3 is 9.88 Å². The molecular weight excluding hydrogens is 374 g/mol. The zero-order valence-corrected chi connectivity index (χ0v) is 16.9. The fourth-order valence-electron chi connectivity index (χ4n) is 3.31. The van der Waals surface area contributed by atoms with Crippen LogP contribution in [0.3, 0.4) is 0 Å². The van der Waals surface area contributed by atoms with E-state index in [-0.39, 0.29) is 5.91 Å². The molecule has 0 radical (unpaired) electrons. The van der Waals surface area contributed by atoms with Crippen LogP contribution in [0.4, 0.5) is 5.69 Å². The summed E-state index contributed by atoms with van der Waals surface area (Å²) in [4.78, 5) is 22.1. The van der Waals surface area contributed by atoms with Crippen molar-refractivity contribution >= 4 is 11.6 Å². The van der Waals surface area contributed by atoms with Crippen LogP contribution in [0.25, 0.3) is 33.9 Å². The number of nitrogens with zero attached hydrogens (tertiary/aromatic N) is 2. The van der Waals surface area contributed by atoms with Gasteiger partial charge in [0.05, 0.1) is 11.4 Å². The molecule has 6 heteroatoms. The molecule has 4 rings (SSSR count). The first-order chi connectivity index (χ1) is 14.6. The largest absolute Gasteiger partial charge is 0.378 e. The van der Waals surface area contributed by atoms with Gasteiger partial charge in [0.1, 0.15) is 5.82 Å². The Morgan fingerprint density at radius 1 is 0.867 bits per heavy atom. The minimum Gasteiger partial charge on any atom is -0.378 e. The van der Waals surface area contributed by atoms with Gasteiger partial charge in [-0.05, 0) is 24.3 Å². The summed E-state index contributed by atoms with van der Waals surface area (Å²) in [5, 5.41) is 0. The Kier molecular flexibility index (Phi) is 5.32. The molecule has 0 atom stereocenters. The quantitative estimate of drug-likeness (QED) is 0.269. The average Bonchev–Trinajstić information content (AvgIpc) is 3.25. The van der Waals surface area contributed by atoms with Gasteiger partial charge in [-0.15, -0.1) is 0 Å². The lowest BCUT2D eigenvalue weighted by molar-refractivity contribution is 0.0953. The van der Waals surface area contributed by atoms with Gasteiger partial charge in [-0.25, -0.2) is 10.8 Å². The van der Waals surface area contributed by atoms with E-state index in [1.807, 2.05) is 56.6 Å². The number of hydrogen-bond acceptors (Lipinski definition) is 4. The van der Waals surface area contributed by atoms with Crippen LogP contribution in [0.2, 0.25) is 0 Å². The van der Waals surface area contributed by atoms with Crippen LogP contribution < -0.4 is 16.2 Å². The van der Waals surface area contributed by atoms with Crippen LogP contribution >= 0.6 is 0 Å². The van der Waals surface area contributed by atoms with Crippen molar-refractivity contribution in [3.63, 3.8) is 0 Å². The fourth-order valence-corrected chi connectivity index (χ4v) is 3.31. The zero-order valence-electron chi connectivity index (χ0n) is 16.9. The number of hydrazine groups is 1. The highest BCUT2D eigenvalue weighted by Gasteiger charge is 2.16. The predicted molar refractivity (Wildman–Crippen MR) is 121 cm³/mol. The monoisotopic (exact) mass is 397 g/mol. The van der Waals surface area contributed by atoms with Crippen LogP contribution in [0.15, 0.2) is 78.9 Å². The second kappa shape index (κ2) is 8.23. The fraction of sp³-hybridized carbons (Fsp3) is 0.0833. The van der Waals surface area contributed by atoms with Gasteiger partial charge in [0.15, 0.2) is 0 Å². The summed E-state index contributed by atoms with van der Waals surface area (Å²) >= 11 is 0. The molecule has 0 spiro atoms. The number of anilines is 1. The normalized spacial score (nSPS) is 10.6. The van der Waals surface area contributed by atoms with Crippen molar-refractivity contribution in [2.75, 3.05) is 19.0 Å². The van der Waals surface area contributed by atoms with E-state index in [0.29, 0.717) is 5.56 Å². The third-order valence-electron chi connectivity index (χ3n) is 4.98. The minimum atomic E-state index is -0.326. The Hall–Kier alpha value is -3.90. The second-order valence-electron chi connectivity index (χ2n) is 7.17. The number of aromatic nitrogens is 2. The molecule has 0 aliphatic carbocycles. The first-order valence-corrected chi connectivity index (χ1v) is 9.61. The summed E-state index contributed by atoms with van der Waals surface area (Å²) in [6.45, 7) is 0. The molecule has 4 aromatic rings. The maximum absolute atomic E-state index is 11.7. The van der Waals surface area contributed by atoms with E-state index in [2.05, 4.69) is 39.6 Å². The first-order valence-electron chi connectivity index (χ1n) is 9.61. The number of imidazole rings is 1. The molecule has 30 heavy (non-hydrogen) atoms. The Morgan fingerprint density at radius 3 is 2.10 bits per heavy atom. The van der Waals surface area contributed by atoms with Crippen LogP contribution in [0, 0.1) is 0 Å². The molecule has 3 aromatic carbocycles. The van der Waals surface area contributed by atoms with E-state index in [4.69, 9.17) is 10.8 Å². The van der Waals surface area contributed by atoms with Crippen molar-refractivity contribution in [3.05, 3.63) is 84.4 Å². The Bertz CT molecular complexity index is 1150.